The number of nitrogens with zero attached hydrogens (tertiary/aromatic N) is 1. The first-order chi connectivity index (χ1) is 25.6. The average Bonchev–Trinajstić information content (AvgIpc) is 3.42. The predicted octanol–water partition coefficient (Wildman–Crippen LogP) is 14.3. The Morgan fingerprint density at radius 3 is 1.73 bits per heavy atom. The smallest absolute Gasteiger partial charge is 0.0547 e. The molecule has 0 bridgehead atoms. The van der Waals surface area contributed by atoms with E-state index in [-0.39, 0.29) is 5.41 Å². The molecule has 1 nitrogen and oxygen atoms in total. The van der Waals surface area contributed by atoms with E-state index in [4.69, 9.17) is 0 Å². The second-order valence-electron chi connectivity index (χ2n) is 14.5. The molecule has 10 rings (SSSR count). The van der Waals surface area contributed by atoms with Crippen molar-refractivity contribution in [3.63, 3.8) is 0 Å². The molecule has 246 valence electrons. The fraction of sp³-hybridized carbons (Fsp3) is 0.0588. The molecule has 0 saturated carbocycles. The van der Waals surface area contributed by atoms with Gasteiger partial charge in [-0.25, -0.2) is 0 Å². The van der Waals surface area contributed by atoms with Gasteiger partial charge in [0.05, 0.1) is 17.1 Å². The summed E-state index contributed by atoms with van der Waals surface area (Å²) in [4.78, 5) is 2.57. The van der Waals surface area contributed by atoms with Gasteiger partial charge in [-0.1, -0.05) is 172 Å². The molecule has 1 aliphatic carbocycles. The lowest BCUT2D eigenvalue weighted by molar-refractivity contribution is 0.661. The van der Waals surface area contributed by atoms with Crippen LogP contribution in [0.1, 0.15) is 25.0 Å². The van der Waals surface area contributed by atoms with Gasteiger partial charge in [-0.3, -0.25) is 0 Å². The van der Waals surface area contributed by atoms with Crippen LogP contribution >= 0.6 is 0 Å². The Bertz CT molecular complexity index is 2820. The maximum Gasteiger partial charge on any atom is 0.0547 e. The van der Waals surface area contributed by atoms with Gasteiger partial charge in [0.1, 0.15) is 0 Å². The minimum absolute atomic E-state index is 0.248. The van der Waals surface area contributed by atoms with Gasteiger partial charge in [-0.15, -0.1) is 0 Å². The highest BCUT2D eigenvalue weighted by Crippen LogP contribution is 2.57. The summed E-state index contributed by atoms with van der Waals surface area (Å²) in [6.45, 7) is 4.81. The fourth-order valence-corrected chi connectivity index (χ4v) is 8.82. The second kappa shape index (κ2) is 11.8. The average molecular weight is 664 g/mol. The van der Waals surface area contributed by atoms with E-state index in [2.05, 4.69) is 207 Å². The molecule has 0 N–H and O–H groups in total. The van der Waals surface area contributed by atoms with Crippen LogP contribution in [0.2, 0.25) is 0 Å². The summed E-state index contributed by atoms with van der Waals surface area (Å²) in [5.74, 6) is 0. The van der Waals surface area contributed by atoms with Gasteiger partial charge < -0.3 is 4.90 Å². The van der Waals surface area contributed by atoms with Crippen LogP contribution in [0.5, 0.6) is 0 Å². The zero-order chi connectivity index (χ0) is 34.8. The molecule has 0 spiro atoms. The van der Waals surface area contributed by atoms with Crippen molar-refractivity contribution in [1.29, 1.82) is 0 Å². The number of fused-ring (bicyclic) bond motifs is 6. The van der Waals surface area contributed by atoms with Crippen LogP contribution < -0.4 is 4.90 Å². The monoisotopic (exact) mass is 663 g/mol. The Kier molecular flexibility index (Phi) is 6.91. The van der Waals surface area contributed by atoms with E-state index in [9.17, 15) is 0 Å². The van der Waals surface area contributed by atoms with Gasteiger partial charge in [-0.2, -0.15) is 0 Å². The topological polar surface area (TPSA) is 3.24 Å². The maximum atomic E-state index is 2.57. The minimum atomic E-state index is -0.248. The summed E-state index contributed by atoms with van der Waals surface area (Å²) in [5, 5.41) is 7.50. The first kappa shape index (κ1) is 30.4. The van der Waals surface area contributed by atoms with Crippen LogP contribution in [0.4, 0.5) is 17.1 Å². The maximum absolute atomic E-state index is 2.57. The summed E-state index contributed by atoms with van der Waals surface area (Å²) in [7, 11) is 0. The fourth-order valence-electron chi connectivity index (χ4n) is 8.82. The number of rotatable bonds is 5. The first-order valence-corrected chi connectivity index (χ1v) is 18.2. The summed E-state index contributed by atoms with van der Waals surface area (Å²) in [5.41, 5.74) is 13.4. The molecule has 0 saturated heterocycles. The van der Waals surface area contributed by atoms with Crippen LogP contribution in [0.3, 0.4) is 0 Å². The highest BCUT2D eigenvalue weighted by Gasteiger charge is 2.40. The van der Waals surface area contributed by atoms with Crippen LogP contribution in [0, 0.1) is 0 Å². The van der Waals surface area contributed by atoms with Crippen molar-refractivity contribution in [2.24, 2.45) is 0 Å². The van der Waals surface area contributed by atoms with E-state index in [1.165, 1.54) is 82.5 Å². The summed E-state index contributed by atoms with van der Waals surface area (Å²) < 4.78 is 0. The van der Waals surface area contributed by atoms with Gasteiger partial charge in [0.2, 0.25) is 0 Å². The van der Waals surface area contributed by atoms with Crippen molar-refractivity contribution in [3.8, 4) is 33.4 Å². The number of hydrogen-bond acceptors (Lipinski definition) is 1. The van der Waals surface area contributed by atoms with E-state index in [0.717, 1.165) is 11.4 Å². The van der Waals surface area contributed by atoms with E-state index in [1.54, 1.807) is 0 Å². The van der Waals surface area contributed by atoms with Gasteiger partial charge in [0.15, 0.2) is 0 Å². The van der Waals surface area contributed by atoms with Gasteiger partial charge in [0.25, 0.3) is 0 Å². The second-order valence-corrected chi connectivity index (χ2v) is 14.5. The molecule has 0 radical (unpaired) electrons. The van der Waals surface area contributed by atoms with Crippen molar-refractivity contribution >= 4 is 49.4 Å². The van der Waals surface area contributed by atoms with Crippen molar-refractivity contribution in [2.45, 2.75) is 19.3 Å². The first-order valence-electron chi connectivity index (χ1n) is 18.2. The van der Waals surface area contributed by atoms with E-state index < -0.39 is 0 Å². The summed E-state index contributed by atoms with van der Waals surface area (Å²) in [6, 6.07) is 69.3. The van der Waals surface area contributed by atoms with Crippen molar-refractivity contribution in [1.82, 2.24) is 0 Å². The summed E-state index contributed by atoms with van der Waals surface area (Å²) >= 11 is 0. The molecule has 1 aliphatic rings. The number of anilines is 3. The van der Waals surface area contributed by atoms with Crippen LogP contribution in [-0.4, -0.2) is 0 Å². The zero-order valence-corrected chi connectivity index (χ0v) is 29.3. The number of para-hydroxylation sites is 1. The minimum Gasteiger partial charge on any atom is -0.309 e. The molecule has 9 aromatic rings. The molecule has 0 heterocycles. The predicted molar refractivity (Wildman–Crippen MR) is 222 cm³/mol. The van der Waals surface area contributed by atoms with Crippen LogP contribution in [-0.2, 0) is 5.41 Å². The highest BCUT2D eigenvalue weighted by atomic mass is 15.2. The number of benzene rings is 9. The Morgan fingerprint density at radius 2 is 0.923 bits per heavy atom. The third kappa shape index (κ3) is 4.63. The lowest BCUT2D eigenvalue weighted by atomic mass is 9.80. The van der Waals surface area contributed by atoms with Gasteiger partial charge in [-0.05, 0) is 96.0 Å². The molecule has 0 atom stereocenters. The molecule has 9 aromatic carbocycles. The Balaban J connectivity index is 1.34. The molecular formula is C51H37N. The third-order valence-electron chi connectivity index (χ3n) is 11.2. The molecule has 0 aromatic heterocycles. The van der Waals surface area contributed by atoms with Crippen molar-refractivity contribution in [2.75, 3.05) is 4.90 Å². The molecule has 1 heteroatoms. The lowest BCUT2D eigenvalue weighted by Gasteiger charge is -2.35. The standard InChI is InChI=1S/C51H37N/c1-51(2)45-33-38-21-7-6-20-37(38)32-44(45)43-27-15-29-48(50(43)51)52(46-28-13-12-24-40(46)35-16-4-3-5-17-35)47-31-30-36-19-9-11-25-41(36)49(47)42-26-14-22-34-18-8-10-23-39(34)42/h3-33H,1-2H3. The molecular weight excluding hydrogens is 627 g/mol. The molecule has 0 unspecified atom stereocenters. The van der Waals surface area contributed by atoms with Crippen LogP contribution in [0.15, 0.2) is 188 Å². The number of hydrogen-bond donors (Lipinski definition) is 0. The molecule has 0 amide bonds. The zero-order valence-electron chi connectivity index (χ0n) is 29.3. The van der Waals surface area contributed by atoms with Crippen LogP contribution in [0.25, 0.3) is 65.7 Å². The van der Waals surface area contributed by atoms with Gasteiger partial charge >= 0.3 is 0 Å². The summed E-state index contributed by atoms with van der Waals surface area (Å²) in [6.07, 6.45) is 0. The quantitative estimate of drug-likeness (QED) is 0.177. The lowest BCUT2D eigenvalue weighted by Crippen LogP contribution is -2.21. The van der Waals surface area contributed by atoms with Gasteiger partial charge in [0, 0.05) is 16.5 Å². The van der Waals surface area contributed by atoms with E-state index >= 15 is 0 Å². The Hall–Kier alpha value is -6.44. The molecule has 0 fully saturated rings. The molecule has 0 aliphatic heterocycles. The molecule has 52 heavy (non-hydrogen) atoms. The van der Waals surface area contributed by atoms with E-state index in [0.29, 0.717) is 0 Å². The Morgan fingerprint density at radius 1 is 0.365 bits per heavy atom. The van der Waals surface area contributed by atoms with Crippen molar-refractivity contribution in [3.05, 3.63) is 199 Å². The SMILES string of the molecule is CC1(C)c2cc3ccccc3cc2-c2cccc(N(c3ccccc3-c3ccccc3)c3ccc4ccccc4c3-c3cccc4ccccc34)c21. The van der Waals surface area contributed by atoms with Crippen molar-refractivity contribution < 1.29 is 0 Å². The third-order valence-corrected chi connectivity index (χ3v) is 11.2. The Labute approximate surface area is 305 Å². The largest absolute Gasteiger partial charge is 0.309 e. The van der Waals surface area contributed by atoms with E-state index in [1.807, 2.05) is 0 Å². The highest BCUT2D eigenvalue weighted by molar-refractivity contribution is 6.12. The normalized spacial score (nSPS) is 13.0.